The van der Waals surface area contributed by atoms with E-state index in [1.165, 1.54) is 5.56 Å². The van der Waals surface area contributed by atoms with Gasteiger partial charge < -0.3 is 9.64 Å². The molecule has 1 amide bonds. The minimum Gasteiger partial charge on any atom is -0.492 e. The van der Waals surface area contributed by atoms with E-state index in [0.29, 0.717) is 13.0 Å². The third-order valence-corrected chi connectivity index (χ3v) is 4.95. The van der Waals surface area contributed by atoms with Crippen LogP contribution in [0.15, 0.2) is 53.3 Å². The van der Waals surface area contributed by atoms with Gasteiger partial charge in [-0.05, 0) is 65.0 Å². The molecule has 0 saturated carbocycles. The molecule has 0 N–H and O–H groups in total. The van der Waals surface area contributed by atoms with Gasteiger partial charge >= 0.3 is 0 Å². The molecule has 1 fully saturated rings. The van der Waals surface area contributed by atoms with Crippen molar-refractivity contribution in [3.63, 3.8) is 0 Å². The topological polar surface area (TPSA) is 42.4 Å². The fourth-order valence-electron chi connectivity index (χ4n) is 3.11. The van der Waals surface area contributed by atoms with Gasteiger partial charge in [0.1, 0.15) is 5.75 Å². The standard InChI is InChI=1S/C19H21BrN2O2/c20-16-5-1-2-7-18(16)24-14-4-8-19(23)22-13-3-6-17(22)15-9-11-21-12-10-15/h1-2,5,7,9-12,17H,3-4,6,8,13-14H2. The zero-order chi connectivity index (χ0) is 16.8. The summed E-state index contributed by atoms with van der Waals surface area (Å²) in [6.07, 6.45) is 6.92. The fraction of sp³-hybridized carbons (Fsp3) is 0.368. The van der Waals surface area contributed by atoms with Crippen LogP contribution in [0, 0.1) is 0 Å². The summed E-state index contributed by atoms with van der Waals surface area (Å²) in [6.45, 7) is 1.39. The number of pyridine rings is 1. The second-order valence-corrected chi connectivity index (χ2v) is 6.76. The van der Waals surface area contributed by atoms with Crippen LogP contribution in [0.5, 0.6) is 5.75 Å². The molecule has 0 bridgehead atoms. The first-order valence-electron chi connectivity index (χ1n) is 8.32. The second kappa shape index (κ2) is 8.29. The highest BCUT2D eigenvalue weighted by Gasteiger charge is 2.29. The number of para-hydroxylation sites is 1. The summed E-state index contributed by atoms with van der Waals surface area (Å²) >= 11 is 3.46. The average molecular weight is 389 g/mol. The minimum atomic E-state index is 0.199. The maximum atomic E-state index is 12.6. The Morgan fingerprint density at radius 2 is 2.04 bits per heavy atom. The number of halogens is 1. The molecule has 2 heterocycles. The molecule has 2 aromatic rings. The predicted octanol–water partition coefficient (Wildman–Crippen LogP) is 4.37. The van der Waals surface area contributed by atoms with Gasteiger partial charge in [0.2, 0.25) is 5.91 Å². The normalized spacial score (nSPS) is 17.0. The lowest BCUT2D eigenvalue weighted by molar-refractivity contribution is -0.132. The van der Waals surface area contributed by atoms with Crippen molar-refractivity contribution in [1.29, 1.82) is 0 Å². The molecule has 24 heavy (non-hydrogen) atoms. The fourth-order valence-corrected chi connectivity index (χ4v) is 3.51. The lowest BCUT2D eigenvalue weighted by Gasteiger charge is -2.25. The van der Waals surface area contributed by atoms with Crippen molar-refractivity contribution < 1.29 is 9.53 Å². The monoisotopic (exact) mass is 388 g/mol. The Kier molecular flexibility index (Phi) is 5.86. The maximum Gasteiger partial charge on any atom is 0.223 e. The van der Waals surface area contributed by atoms with Crippen LogP contribution in [0.2, 0.25) is 0 Å². The number of likely N-dealkylation sites (tertiary alicyclic amines) is 1. The maximum absolute atomic E-state index is 12.6. The second-order valence-electron chi connectivity index (χ2n) is 5.91. The first-order chi connectivity index (χ1) is 11.8. The molecule has 1 aromatic heterocycles. The van der Waals surface area contributed by atoms with Crippen LogP contribution in [0.1, 0.15) is 37.3 Å². The summed E-state index contributed by atoms with van der Waals surface area (Å²) in [4.78, 5) is 18.6. The molecule has 4 nitrogen and oxygen atoms in total. The molecule has 3 rings (SSSR count). The van der Waals surface area contributed by atoms with Gasteiger partial charge in [-0.2, -0.15) is 0 Å². The zero-order valence-corrected chi connectivity index (χ0v) is 15.1. The Bertz CT molecular complexity index is 678. The van der Waals surface area contributed by atoms with Crippen molar-refractivity contribution in [3.05, 3.63) is 58.8 Å². The molecule has 0 spiro atoms. The van der Waals surface area contributed by atoms with Crippen molar-refractivity contribution >= 4 is 21.8 Å². The van der Waals surface area contributed by atoms with Crippen LogP contribution in [0.25, 0.3) is 0 Å². The molecule has 1 aliphatic heterocycles. The highest BCUT2D eigenvalue weighted by atomic mass is 79.9. The molecular weight excluding hydrogens is 368 g/mol. The first-order valence-corrected chi connectivity index (χ1v) is 9.12. The van der Waals surface area contributed by atoms with E-state index in [9.17, 15) is 4.79 Å². The van der Waals surface area contributed by atoms with Gasteiger partial charge in [0.15, 0.2) is 0 Å². The Hall–Kier alpha value is -1.88. The molecular formula is C19H21BrN2O2. The van der Waals surface area contributed by atoms with E-state index in [-0.39, 0.29) is 11.9 Å². The molecule has 1 unspecified atom stereocenters. The number of aromatic nitrogens is 1. The molecule has 1 aliphatic rings. The van der Waals surface area contributed by atoms with Crippen LogP contribution in [-0.4, -0.2) is 28.9 Å². The van der Waals surface area contributed by atoms with Crippen LogP contribution < -0.4 is 4.74 Å². The number of amides is 1. The summed E-state index contributed by atoms with van der Waals surface area (Å²) in [6, 6.07) is 12.0. The number of rotatable bonds is 6. The molecule has 5 heteroatoms. The minimum absolute atomic E-state index is 0.199. The Balaban J connectivity index is 1.49. The van der Waals surface area contributed by atoms with Gasteiger partial charge in [-0.1, -0.05) is 12.1 Å². The number of benzene rings is 1. The van der Waals surface area contributed by atoms with Crippen molar-refractivity contribution in [2.75, 3.05) is 13.2 Å². The van der Waals surface area contributed by atoms with Gasteiger partial charge in [0, 0.05) is 25.4 Å². The lowest BCUT2D eigenvalue weighted by atomic mass is 10.1. The van der Waals surface area contributed by atoms with Gasteiger partial charge in [-0.15, -0.1) is 0 Å². The lowest BCUT2D eigenvalue weighted by Crippen LogP contribution is -2.30. The van der Waals surface area contributed by atoms with E-state index in [0.717, 1.165) is 36.0 Å². The van der Waals surface area contributed by atoms with Crippen LogP contribution in [0.4, 0.5) is 0 Å². The van der Waals surface area contributed by atoms with Crippen molar-refractivity contribution in [3.8, 4) is 5.75 Å². The van der Waals surface area contributed by atoms with Crippen molar-refractivity contribution in [1.82, 2.24) is 9.88 Å². The Morgan fingerprint density at radius 3 is 2.83 bits per heavy atom. The highest BCUT2D eigenvalue weighted by molar-refractivity contribution is 9.10. The predicted molar refractivity (Wildman–Crippen MR) is 96.8 cm³/mol. The summed E-state index contributed by atoms with van der Waals surface area (Å²) in [5.41, 5.74) is 1.18. The Labute approximate surface area is 151 Å². The largest absolute Gasteiger partial charge is 0.492 e. The van der Waals surface area contributed by atoms with E-state index < -0.39 is 0 Å². The molecule has 0 aliphatic carbocycles. The third kappa shape index (κ3) is 4.15. The molecule has 1 saturated heterocycles. The first kappa shape index (κ1) is 17.0. The van der Waals surface area contributed by atoms with E-state index in [2.05, 4.69) is 20.9 Å². The zero-order valence-electron chi connectivity index (χ0n) is 13.5. The summed E-state index contributed by atoms with van der Waals surface area (Å²) in [7, 11) is 0. The van der Waals surface area contributed by atoms with Gasteiger partial charge in [0.25, 0.3) is 0 Å². The number of hydrogen-bond donors (Lipinski definition) is 0. The van der Waals surface area contributed by atoms with Gasteiger partial charge in [-0.25, -0.2) is 0 Å². The molecule has 0 radical (unpaired) electrons. The van der Waals surface area contributed by atoms with Gasteiger partial charge in [-0.3, -0.25) is 9.78 Å². The number of ether oxygens (including phenoxy) is 1. The van der Waals surface area contributed by atoms with Crippen molar-refractivity contribution in [2.24, 2.45) is 0 Å². The number of nitrogens with zero attached hydrogens (tertiary/aromatic N) is 2. The van der Waals surface area contributed by atoms with E-state index in [4.69, 9.17) is 4.74 Å². The average Bonchev–Trinajstić information content (AvgIpc) is 3.10. The third-order valence-electron chi connectivity index (χ3n) is 4.29. The summed E-state index contributed by atoms with van der Waals surface area (Å²) in [5, 5.41) is 0. The van der Waals surface area contributed by atoms with E-state index >= 15 is 0 Å². The highest BCUT2D eigenvalue weighted by Crippen LogP contribution is 2.32. The molecule has 1 aromatic carbocycles. The molecule has 126 valence electrons. The van der Waals surface area contributed by atoms with E-state index in [1.807, 2.05) is 41.3 Å². The van der Waals surface area contributed by atoms with Crippen molar-refractivity contribution in [2.45, 2.75) is 31.7 Å². The van der Waals surface area contributed by atoms with Crippen LogP contribution in [-0.2, 0) is 4.79 Å². The van der Waals surface area contributed by atoms with E-state index in [1.54, 1.807) is 12.4 Å². The van der Waals surface area contributed by atoms with Crippen LogP contribution >= 0.6 is 15.9 Å². The van der Waals surface area contributed by atoms with Crippen LogP contribution in [0.3, 0.4) is 0 Å². The smallest absolute Gasteiger partial charge is 0.223 e. The quantitative estimate of drug-likeness (QED) is 0.690. The van der Waals surface area contributed by atoms with Gasteiger partial charge in [0.05, 0.1) is 17.1 Å². The Morgan fingerprint density at radius 1 is 1.25 bits per heavy atom. The number of hydrogen-bond acceptors (Lipinski definition) is 3. The summed E-state index contributed by atoms with van der Waals surface area (Å²) in [5.74, 6) is 1.03. The number of carbonyl (C=O) groups is 1. The number of carbonyl (C=O) groups excluding carboxylic acids is 1. The summed E-state index contributed by atoms with van der Waals surface area (Å²) < 4.78 is 6.67. The SMILES string of the molecule is O=C(CCCOc1ccccc1Br)N1CCCC1c1ccncc1. The molecule has 1 atom stereocenters.